The molecule has 1 aliphatic heterocycles. The fraction of sp³-hybridized carbons (Fsp3) is 0.857. The van der Waals surface area contributed by atoms with Gasteiger partial charge in [-0.15, -0.1) is 0 Å². The topological polar surface area (TPSA) is 38.7 Å². The van der Waals surface area contributed by atoms with Gasteiger partial charge in [0.1, 0.15) is 0 Å². The molecule has 0 bridgehead atoms. The van der Waals surface area contributed by atoms with Crippen LogP contribution in [0.3, 0.4) is 0 Å². The number of aliphatic hydroxyl groups excluding tert-OH is 1. The number of hydrogen-bond acceptors (Lipinski definition) is 3. The van der Waals surface area contributed by atoms with Gasteiger partial charge < -0.3 is 14.4 Å². The maximum Gasteiger partial charge on any atom is 0.463 e. The van der Waals surface area contributed by atoms with Gasteiger partial charge in [-0.25, -0.2) is 0 Å². The second kappa shape index (κ2) is 4.66. The Bertz CT molecular complexity index is 333. The Morgan fingerprint density at radius 2 is 1.78 bits per heavy atom. The molecule has 102 valence electrons. The molecule has 0 spiro atoms. The zero-order valence-corrected chi connectivity index (χ0v) is 12.2. The van der Waals surface area contributed by atoms with Crippen LogP contribution in [-0.2, 0) is 9.31 Å². The zero-order chi connectivity index (χ0) is 13.6. The molecule has 0 aromatic heterocycles. The minimum Gasteiger partial charge on any atom is -0.403 e. The van der Waals surface area contributed by atoms with Crippen molar-refractivity contribution in [3.05, 3.63) is 11.6 Å². The molecule has 0 saturated carbocycles. The lowest BCUT2D eigenvalue weighted by molar-refractivity contribution is 0.00578. The highest BCUT2D eigenvalue weighted by molar-refractivity contribution is 6.47. The van der Waals surface area contributed by atoms with Crippen LogP contribution in [0.2, 0.25) is 5.82 Å². The average Bonchev–Trinajstić information content (AvgIpc) is 2.84. The lowest BCUT2D eigenvalue weighted by Gasteiger charge is -2.32. The summed E-state index contributed by atoms with van der Waals surface area (Å²) in [6.45, 7) is 10.2. The molecule has 18 heavy (non-hydrogen) atoms. The predicted octanol–water partition coefficient (Wildman–Crippen LogP) is 2.94. The highest BCUT2D eigenvalue weighted by atomic mass is 16.7. The van der Waals surface area contributed by atoms with Crippen molar-refractivity contribution >= 4 is 7.12 Å². The highest BCUT2D eigenvalue weighted by Gasteiger charge is 2.54. The van der Waals surface area contributed by atoms with E-state index in [9.17, 15) is 5.11 Å². The van der Waals surface area contributed by atoms with Crippen molar-refractivity contribution < 1.29 is 14.4 Å². The minimum absolute atomic E-state index is 0.0320. The molecule has 1 N–H and O–H groups in total. The SMILES string of the molecule is C[C@H](B1OC(C)(C)C(C)(C)O1)[C@@H](O)C1=CCCC1. The predicted molar refractivity (Wildman–Crippen MR) is 73.4 cm³/mol. The molecule has 0 aromatic carbocycles. The van der Waals surface area contributed by atoms with Gasteiger partial charge in [-0.3, -0.25) is 0 Å². The van der Waals surface area contributed by atoms with E-state index >= 15 is 0 Å². The van der Waals surface area contributed by atoms with E-state index in [-0.39, 0.29) is 24.1 Å². The third-order valence-electron chi connectivity index (χ3n) is 4.65. The molecular formula is C14H25BO3. The first-order valence-corrected chi connectivity index (χ1v) is 6.97. The summed E-state index contributed by atoms with van der Waals surface area (Å²) in [5, 5.41) is 10.4. The first kappa shape index (κ1) is 14.1. The second-order valence-corrected chi connectivity index (χ2v) is 6.60. The van der Waals surface area contributed by atoms with Gasteiger partial charge in [-0.2, -0.15) is 0 Å². The normalized spacial score (nSPS) is 29.2. The number of allylic oxidation sites excluding steroid dienone is 1. The van der Waals surface area contributed by atoms with Crippen LogP contribution in [-0.4, -0.2) is 29.5 Å². The number of rotatable bonds is 3. The van der Waals surface area contributed by atoms with Crippen LogP contribution in [0.5, 0.6) is 0 Å². The van der Waals surface area contributed by atoms with E-state index in [4.69, 9.17) is 9.31 Å². The van der Waals surface area contributed by atoms with Crippen LogP contribution in [0.4, 0.5) is 0 Å². The van der Waals surface area contributed by atoms with Gasteiger partial charge in [-0.1, -0.05) is 13.0 Å². The van der Waals surface area contributed by atoms with E-state index in [0.29, 0.717) is 0 Å². The Kier molecular flexibility index (Phi) is 3.65. The van der Waals surface area contributed by atoms with Crippen molar-refractivity contribution in [1.82, 2.24) is 0 Å². The molecule has 0 radical (unpaired) electrons. The first-order chi connectivity index (χ1) is 8.24. The van der Waals surface area contributed by atoms with Crippen LogP contribution in [0.1, 0.15) is 53.9 Å². The van der Waals surface area contributed by atoms with Gasteiger partial charge in [0.2, 0.25) is 0 Å². The third kappa shape index (κ3) is 2.38. The summed E-state index contributed by atoms with van der Waals surface area (Å²) in [6, 6.07) is 0. The van der Waals surface area contributed by atoms with Crippen molar-refractivity contribution in [2.45, 2.75) is 77.0 Å². The van der Waals surface area contributed by atoms with E-state index in [2.05, 4.69) is 6.08 Å². The van der Waals surface area contributed by atoms with Crippen molar-refractivity contribution in [3.63, 3.8) is 0 Å². The van der Waals surface area contributed by atoms with E-state index in [1.807, 2.05) is 34.6 Å². The Hall–Kier alpha value is -0.315. The molecule has 3 nitrogen and oxygen atoms in total. The Balaban J connectivity index is 2.05. The molecule has 0 aromatic rings. The third-order valence-corrected chi connectivity index (χ3v) is 4.65. The summed E-state index contributed by atoms with van der Waals surface area (Å²) in [6.07, 6.45) is 4.96. The maximum atomic E-state index is 10.4. The molecule has 1 fully saturated rings. The summed E-state index contributed by atoms with van der Waals surface area (Å²) in [5.41, 5.74) is 0.503. The molecule has 2 rings (SSSR count). The quantitative estimate of drug-likeness (QED) is 0.620. The molecule has 0 unspecified atom stereocenters. The number of aliphatic hydroxyl groups is 1. The zero-order valence-electron chi connectivity index (χ0n) is 12.2. The van der Waals surface area contributed by atoms with Gasteiger partial charge in [0, 0.05) is 5.82 Å². The lowest BCUT2D eigenvalue weighted by atomic mass is 9.68. The monoisotopic (exact) mass is 252 g/mol. The summed E-state index contributed by atoms with van der Waals surface area (Å²) in [4.78, 5) is 0. The summed E-state index contributed by atoms with van der Waals surface area (Å²) in [5.74, 6) is -0.0320. The van der Waals surface area contributed by atoms with Crippen LogP contribution >= 0.6 is 0 Å². The van der Waals surface area contributed by atoms with Gasteiger partial charge in [0.25, 0.3) is 0 Å². The Morgan fingerprint density at radius 1 is 1.22 bits per heavy atom. The van der Waals surface area contributed by atoms with E-state index in [1.54, 1.807) is 0 Å². The van der Waals surface area contributed by atoms with E-state index < -0.39 is 6.10 Å². The van der Waals surface area contributed by atoms with Crippen LogP contribution < -0.4 is 0 Å². The second-order valence-electron chi connectivity index (χ2n) is 6.60. The first-order valence-electron chi connectivity index (χ1n) is 6.97. The molecule has 1 aliphatic carbocycles. The molecular weight excluding hydrogens is 227 g/mol. The summed E-state index contributed by atoms with van der Waals surface area (Å²) >= 11 is 0. The molecule has 1 heterocycles. The van der Waals surface area contributed by atoms with Crippen LogP contribution in [0.15, 0.2) is 11.6 Å². The maximum absolute atomic E-state index is 10.4. The van der Waals surface area contributed by atoms with Crippen molar-refractivity contribution in [2.75, 3.05) is 0 Å². The highest BCUT2D eigenvalue weighted by Crippen LogP contribution is 2.42. The lowest BCUT2D eigenvalue weighted by Crippen LogP contribution is -2.41. The summed E-state index contributed by atoms with van der Waals surface area (Å²) < 4.78 is 12.0. The van der Waals surface area contributed by atoms with Crippen molar-refractivity contribution in [2.24, 2.45) is 0 Å². The molecule has 1 saturated heterocycles. The molecule has 2 atom stereocenters. The van der Waals surface area contributed by atoms with Gasteiger partial charge in [-0.05, 0) is 52.5 Å². The van der Waals surface area contributed by atoms with Gasteiger partial charge >= 0.3 is 7.12 Å². The Morgan fingerprint density at radius 3 is 2.22 bits per heavy atom. The fourth-order valence-electron chi connectivity index (χ4n) is 2.55. The van der Waals surface area contributed by atoms with E-state index in [1.165, 1.54) is 0 Å². The van der Waals surface area contributed by atoms with E-state index in [0.717, 1.165) is 24.8 Å². The standard InChI is InChI=1S/C14H25BO3/c1-10(12(16)11-8-6-7-9-11)15-17-13(2,3)14(4,5)18-15/h8,10,12,16H,6-7,9H2,1-5H3/t10-,12+/m0/s1. The summed E-state index contributed by atoms with van der Waals surface area (Å²) in [7, 11) is -0.327. The molecule has 0 amide bonds. The number of hydrogen-bond donors (Lipinski definition) is 1. The van der Waals surface area contributed by atoms with Crippen molar-refractivity contribution in [3.8, 4) is 0 Å². The smallest absolute Gasteiger partial charge is 0.403 e. The molecule has 4 heteroatoms. The van der Waals surface area contributed by atoms with Crippen molar-refractivity contribution in [1.29, 1.82) is 0 Å². The fourth-order valence-corrected chi connectivity index (χ4v) is 2.55. The Labute approximate surface area is 111 Å². The average molecular weight is 252 g/mol. The van der Waals surface area contributed by atoms with Crippen LogP contribution in [0.25, 0.3) is 0 Å². The largest absolute Gasteiger partial charge is 0.463 e. The molecule has 2 aliphatic rings. The van der Waals surface area contributed by atoms with Gasteiger partial charge in [0.05, 0.1) is 17.3 Å². The van der Waals surface area contributed by atoms with Gasteiger partial charge in [0.15, 0.2) is 0 Å². The van der Waals surface area contributed by atoms with Crippen LogP contribution in [0, 0.1) is 0 Å². The minimum atomic E-state index is -0.442.